The van der Waals surface area contributed by atoms with E-state index in [9.17, 15) is 4.79 Å². The molecule has 0 aliphatic rings. The van der Waals surface area contributed by atoms with Gasteiger partial charge in [0.25, 0.3) is 5.56 Å². The zero-order valence-electron chi connectivity index (χ0n) is 10.7. The number of anilines is 1. The molecule has 0 aliphatic heterocycles. The van der Waals surface area contributed by atoms with E-state index in [-0.39, 0.29) is 5.56 Å². The van der Waals surface area contributed by atoms with Crippen LogP contribution in [-0.2, 0) is 5.75 Å². The van der Waals surface area contributed by atoms with Gasteiger partial charge in [-0.15, -0.1) is 11.8 Å². The summed E-state index contributed by atoms with van der Waals surface area (Å²) >= 11 is 1.57. The molecule has 0 atom stereocenters. The molecular weight excluding hydrogens is 270 g/mol. The Morgan fingerprint density at radius 3 is 2.65 bits per heavy atom. The SMILES string of the molecule is Nc1ccc(SCc2nc3ccccc3[nH]c2=O)cc1. The highest BCUT2D eigenvalue weighted by Gasteiger charge is 2.05. The lowest BCUT2D eigenvalue weighted by atomic mass is 10.3. The van der Waals surface area contributed by atoms with E-state index in [1.807, 2.05) is 48.5 Å². The maximum atomic E-state index is 12.0. The highest BCUT2D eigenvalue weighted by Crippen LogP contribution is 2.22. The molecule has 0 saturated heterocycles. The van der Waals surface area contributed by atoms with Gasteiger partial charge in [-0.05, 0) is 36.4 Å². The number of hydrogen-bond acceptors (Lipinski definition) is 4. The lowest BCUT2D eigenvalue weighted by molar-refractivity contribution is 1.10. The monoisotopic (exact) mass is 283 g/mol. The van der Waals surface area contributed by atoms with Gasteiger partial charge in [0.05, 0.1) is 11.0 Å². The Hall–Kier alpha value is -2.27. The fourth-order valence-corrected chi connectivity index (χ4v) is 2.71. The van der Waals surface area contributed by atoms with Crippen LogP contribution >= 0.6 is 11.8 Å². The van der Waals surface area contributed by atoms with E-state index in [0.717, 1.165) is 21.6 Å². The standard InChI is InChI=1S/C15H13N3OS/c16-10-5-7-11(8-6-10)20-9-14-15(19)18-13-4-2-1-3-12(13)17-14/h1-8H,9,16H2,(H,18,19). The summed E-state index contributed by atoms with van der Waals surface area (Å²) in [6.45, 7) is 0. The minimum absolute atomic E-state index is 0.133. The zero-order chi connectivity index (χ0) is 13.9. The molecule has 2 aromatic carbocycles. The van der Waals surface area contributed by atoms with E-state index in [2.05, 4.69) is 9.97 Å². The Morgan fingerprint density at radius 1 is 1.10 bits per heavy atom. The predicted octanol–water partition coefficient (Wildman–Crippen LogP) is 2.80. The van der Waals surface area contributed by atoms with Gasteiger partial charge in [0.15, 0.2) is 0 Å². The lowest BCUT2D eigenvalue weighted by Gasteiger charge is -2.03. The van der Waals surface area contributed by atoms with Crippen LogP contribution in [0, 0.1) is 0 Å². The summed E-state index contributed by atoms with van der Waals surface area (Å²) in [6, 6.07) is 15.1. The van der Waals surface area contributed by atoms with Gasteiger partial charge in [0.2, 0.25) is 0 Å². The number of para-hydroxylation sites is 2. The number of aromatic nitrogens is 2. The van der Waals surface area contributed by atoms with Crippen molar-refractivity contribution in [2.24, 2.45) is 0 Å². The molecule has 0 saturated carbocycles. The summed E-state index contributed by atoms with van der Waals surface area (Å²) < 4.78 is 0. The third-order valence-corrected chi connectivity index (χ3v) is 3.95. The Labute approximate surface area is 120 Å². The molecule has 3 aromatic rings. The summed E-state index contributed by atoms with van der Waals surface area (Å²) in [5.74, 6) is 0.532. The maximum Gasteiger partial charge on any atom is 0.271 e. The molecule has 3 N–H and O–H groups in total. The van der Waals surface area contributed by atoms with Crippen molar-refractivity contribution in [1.29, 1.82) is 0 Å². The first-order chi connectivity index (χ1) is 9.72. The smallest absolute Gasteiger partial charge is 0.271 e. The van der Waals surface area contributed by atoms with Gasteiger partial charge in [0, 0.05) is 16.3 Å². The van der Waals surface area contributed by atoms with Crippen LogP contribution < -0.4 is 11.3 Å². The van der Waals surface area contributed by atoms with Gasteiger partial charge in [-0.25, -0.2) is 4.98 Å². The number of fused-ring (bicyclic) bond motifs is 1. The Balaban J connectivity index is 1.85. The number of aromatic amines is 1. The average molecular weight is 283 g/mol. The van der Waals surface area contributed by atoms with Gasteiger partial charge in [-0.2, -0.15) is 0 Å². The summed E-state index contributed by atoms with van der Waals surface area (Å²) in [4.78, 5) is 20.3. The fourth-order valence-electron chi connectivity index (χ4n) is 1.88. The van der Waals surface area contributed by atoms with Crippen LogP contribution in [0.5, 0.6) is 0 Å². The van der Waals surface area contributed by atoms with Crippen LogP contribution in [0.4, 0.5) is 5.69 Å². The van der Waals surface area contributed by atoms with Crippen molar-refractivity contribution in [2.75, 3.05) is 5.73 Å². The number of nitrogens with two attached hydrogens (primary N) is 1. The molecule has 5 heteroatoms. The van der Waals surface area contributed by atoms with Gasteiger partial charge in [-0.1, -0.05) is 12.1 Å². The van der Waals surface area contributed by atoms with E-state index >= 15 is 0 Å². The maximum absolute atomic E-state index is 12.0. The Kier molecular flexibility index (Phi) is 3.43. The molecule has 1 heterocycles. The minimum atomic E-state index is -0.133. The van der Waals surface area contributed by atoms with Crippen molar-refractivity contribution in [1.82, 2.24) is 9.97 Å². The number of rotatable bonds is 3. The van der Waals surface area contributed by atoms with Crippen LogP contribution in [0.2, 0.25) is 0 Å². The molecule has 0 fully saturated rings. The van der Waals surface area contributed by atoms with E-state index in [1.54, 1.807) is 11.8 Å². The van der Waals surface area contributed by atoms with Gasteiger partial charge < -0.3 is 10.7 Å². The van der Waals surface area contributed by atoms with Crippen LogP contribution in [0.3, 0.4) is 0 Å². The molecular formula is C15H13N3OS. The van der Waals surface area contributed by atoms with Gasteiger partial charge in [0.1, 0.15) is 5.69 Å². The largest absolute Gasteiger partial charge is 0.399 e. The molecule has 20 heavy (non-hydrogen) atoms. The number of nitrogens with one attached hydrogen (secondary N) is 1. The number of nitrogens with zero attached hydrogens (tertiary/aromatic N) is 1. The van der Waals surface area contributed by atoms with Crippen molar-refractivity contribution in [3.8, 4) is 0 Å². The highest BCUT2D eigenvalue weighted by molar-refractivity contribution is 7.98. The molecule has 0 radical (unpaired) electrons. The topological polar surface area (TPSA) is 71.8 Å². The zero-order valence-corrected chi connectivity index (χ0v) is 11.5. The predicted molar refractivity (Wildman–Crippen MR) is 82.8 cm³/mol. The molecule has 0 spiro atoms. The molecule has 3 rings (SSSR count). The molecule has 0 aliphatic carbocycles. The van der Waals surface area contributed by atoms with Crippen LogP contribution in [0.25, 0.3) is 11.0 Å². The van der Waals surface area contributed by atoms with Crippen LogP contribution in [-0.4, -0.2) is 9.97 Å². The van der Waals surface area contributed by atoms with Gasteiger partial charge >= 0.3 is 0 Å². The number of hydrogen-bond donors (Lipinski definition) is 2. The van der Waals surface area contributed by atoms with Gasteiger partial charge in [-0.3, -0.25) is 4.79 Å². The first-order valence-electron chi connectivity index (χ1n) is 6.19. The number of H-pyrrole nitrogens is 1. The Bertz CT molecular complexity index is 796. The normalized spacial score (nSPS) is 10.8. The second-order valence-corrected chi connectivity index (χ2v) is 5.44. The summed E-state index contributed by atoms with van der Waals surface area (Å²) in [7, 11) is 0. The molecule has 1 aromatic heterocycles. The third kappa shape index (κ3) is 2.67. The first-order valence-corrected chi connectivity index (χ1v) is 7.17. The van der Waals surface area contributed by atoms with Crippen LogP contribution in [0.1, 0.15) is 5.69 Å². The molecule has 0 unspecified atom stereocenters. The second-order valence-electron chi connectivity index (χ2n) is 4.39. The van der Waals surface area contributed by atoms with Crippen molar-refractivity contribution in [3.63, 3.8) is 0 Å². The van der Waals surface area contributed by atoms with E-state index in [4.69, 9.17) is 5.73 Å². The molecule has 0 bridgehead atoms. The van der Waals surface area contributed by atoms with Crippen molar-refractivity contribution < 1.29 is 0 Å². The lowest BCUT2D eigenvalue weighted by Crippen LogP contribution is -2.14. The Morgan fingerprint density at radius 2 is 1.85 bits per heavy atom. The average Bonchev–Trinajstić information content (AvgIpc) is 2.47. The highest BCUT2D eigenvalue weighted by atomic mass is 32.2. The quantitative estimate of drug-likeness (QED) is 0.572. The number of benzene rings is 2. The fraction of sp³-hybridized carbons (Fsp3) is 0.0667. The summed E-state index contributed by atoms with van der Waals surface area (Å²) in [6.07, 6.45) is 0. The summed E-state index contributed by atoms with van der Waals surface area (Å²) in [5.41, 5.74) is 8.34. The van der Waals surface area contributed by atoms with E-state index < -0.39 is 0 Å². The van der Waals surface area contributed by atoms with Crippen molar-refractivity contribution >= 4 is 28.5 Å². The third-order valence-electron chi connectivity index (χ3n) is 2.93. The van der Waals surface area contributed by atoms with E-state index in [0.29, 0.717) is 11.4 Å². The van der Waals surface area contributed by atoms with Crippen molar-refractivity contribution in [3.05, 3.63) is 64.6 Å². The minimum Gasteiger partial charge on any atom is -0.399 e. The number of thioether (sulfide) groups is 1. The molecule has 4 nitrogen and oxygen atoms in total. The molecule has 0 amide bonds. The van der Waals surface area contributed by atoms with E-state index in [1.165, 1.54) is 0 Å². The molecule has 100 valence electrons. The number of nitrogen functional groups attached to an aromatic ring is 1. The van der Waals surface area contributed by atoms with Crippen molar-refractivity contribution in [2.45, 2.75) is 10.6 Å². The first kappa shape index (κ1) is 12.7. The van der Waals surface area contributed by atoms with Crippen LogP contribution in [0.15, 0.2) is 58.2 Å². The summed E-state index contributed by atoms with van der Waals surface area (Å²) in [5, 5.41) is 0. The second kappa shape index (κ2) is 5.38.